The number of carboxylic acid groups (broad SMARTS) is 1. The van der Waals surface area contributed by atoms with Crippen LogP contribution in [0.1, 0.15) is 40.8 Å². The molecular formula is C32H31N3O6S. The molecule has 2 atom stereocenters. The normalized spacial score (nSPS) is 13.5. The van der Waals surface area contributed by atoms with Crippen LogP contribution < -0.4 is 10.6 Å². The maximum atomic E-state index is 12.6. The fraction of sp³-hybridized carbons (Fsp3) is 0.250. The van der Waals surface area contributed by atoms with Gasteiger partial charge < -0.3 is 19.9 Å². The molecule has 5 rings (SSSR count). The maximum Gasteiger partial charge on any atom is 0.413 e. The van der Waals surface area contributed by atoms with Crippen molar-refractivity contribution in [1.82, 2.24) is 10.3 Å². The van der Waals surface area contributed by atoms with Gasteiger partial charge >= 0.3 is 12.1 Å². The number of ether oxygens (including phenoxy) is 2. The van der Waals surface area contributed by atoms with Gasteiger partial charge in [0.25, 0.3) is 0 Å². The van der Waals surface area contributed by atoms with Crippen molar-refractivity contribution in [2.24, 2.45) is 0 Å². The van der Waals surface area contributed by atoms with Gasteiger partial charge in [-0.2, -0.15) is 0 Å². The molecule has 0 spiro atoms. The maximum absolute atomic E-state index is 12.6. The van der Waals surface area contributed by atoms with Gasteiger partial charge in [-0.25, -0.2) is 14.6 Å². The summed E-state index contributed by atoms with van der Waals surface area (Å²) in [4.78, 5) is 41.9. The van der Waals surface area contributed by atoms with E-state index in [1.807, 2.05) is 54.6 Å². The number of anilines is 1. The number of aromatic nitrogens is 1. The molecule has 10 heteroatoms. The van der Waals surface area contributed by atoms with E-state index in [1.54, 1.807) is 13.1 Å². The summed E-state index contributed by atoms with van der Waals surface area (Å²) < 4.78 is 11.3. The first-order valence-corrected chi connectivity index (χ1v) is 14.4. The van der Waals surface area contributed by atoms with Crippen molar-refractivity contribution in [3.8, 4) is 11.1 Å². The van der Waals surface area contributed by atoms with E-state index >= 15 is 0 Å². The summed E-state index contributed by atoms with van der Waals surface area (Å²) in [6.45, 7) is 2.05. The molecule has 0 aliphatic heterocycles. The van der Waals surface area contributed by atoms with Crippen LogP contribution >= 0.6 is 11.3 Å². The summed E-state index contributed by atoms with van der Waals surface area (Å²) in [6.07, 6.45) is 0.632. The quantitative estimate of drug-likeness (QED) is 0.197. The summed E-state index contributed by atoms with van der Waals surface area (Å²) in [5.74, 6) is -1.64. The highest BCUT2D eigenvalue weighted by molar-refractivity contribution is 7.15. The van der Waals surface area contributed by atoms with E-state index in [0.29, 0.717) is 11.6 Å². The third-order valence-corrected chi connectivity index (χ3v) is 8.08. The Morgan fingerprint density at radius 1 is 0.952 bits per heavy atom. The lowest BCUT2D eigenvalue weighted by molar-refractivity contribution is -0.146. The van der Waals surface area contributed by atoms with Crippen LogP contribution in [0.25, 0.3) is 11.1 Å². The van der Waals surface area contributed by atoms with Crippen LogP contribution in [0.4, 0.5) is 9.93 Å². The molecule has 2 amide bonds. The second-order valence-electron chi connectivity index (χ2n) is 9.97. The molecule has 1 aromatic heterocycles. The van der Waals surface area contributed by atoms with Gasteiger partial charge in [0.2, 0.25) is 5.91 Å². The van der Waals surface area contributed by atoms with Crippen molar-refractivity contribution < 1.29 is 29.0 Å². The van der Waals surface area contributed by atoms with E-state index in [9.17, 15) is 19.5 Å². The summed E-state index contributed by atoms with van der Waals surface area (Å²) in [7, 11) is 0. The van der Waals surface area contributed by atoms with E-state index in [1.165, 1.54) is 11.3 Å². The minimum absolute atomic E-state index is 0.0467. The van der Waals surface area contributed by atoms with Crippen LogP contribution in [0.5, 0.6) is 0 Å². The summed E-state index contributed by atoms with van der Waals surface area (Å²) >= 11 is 1.23. The second kappa shape index (κ2) is 13.4. The molecule has 42 heavy (non-hydrogen) atoms. The summed E-state index contributed by atoms with van der Waals surface area (Å²) in [5.41, 5.74) is 5.47. The van der Waals surface area contributed by atoms with Gasteiger partial charge in [-0.1, -0.05) is 78.9 Å². The van der Waals surface area contributed by atoms with Crippen LogP contribution in [0, 0.1) is 0 Å². The Labute approximate surface area is 247 Å². The van der Waals surface area contributed by atoms with Crippen molar-refractivity contribution >= 4 is 34.4 Å². The predicted molar refractivity (Wildman–Crippen MR) is 159 cm³/mol. The van der Waals surface area contributed by atoms with Gasteiger partial charge in [-0.05, 0) is 41.2 Å². The van der Waals surface area contributed by atoms with Gasteiger partial charge in [0.15, 0.2) is 11.2 Å². The van der Waals surface area contributed by atoms with E-state index in [2.05, 4.69) is 39.9 Å². The average molecular weight is 586 g/mol. The third kappa shape index (κ3) is 7.02. The minimum Gasteiger partial charge on any atom is -0.480 e. The molecule has 0 radical (unpaired) electrons. The third-order valence-electron chi connectivity index (χ3n) is 7.11. The zero-order valence-corrected chi connectivity index (χ0v) is 23.8. The minimum atomic E-state index is -1.19. The van der Waals surface area contributed by atoms with Crippen LogP contribution in [0.2, 0.25) is 0 Å². The van der Waals surface area contributed by atoms with Gasteiger partial charge in [-0.3, -0.25) is 10.1 Å². The number of nitrogens with one attached hydrogen (secondary N) is 2. The van der Waals surface area contributed by atoms with Crippen molar-refractivity contribution in [3.05, 3.63) is 107 Å². The number of carbonyl (C=O) groups is 3. The highest BCUT2D eigenvalue weighted by Crippen LogP contribution is 2.44. The SMILES string of the molecule is CC(OCc1ccccc1)C(NC(=O)CCc1cnc(NC(=O)OCC2c3ccccc3-c3ccccc32)s1)C(=O)O. The Balaban J connectivity index is 1.08. The van der Waals surface area contributed by atoms with E-state index in [0.717, 1.165) is 32.7 Å². The number of amides is 2. The molecule has 3 N–H and O–H groups in total. The average Bonchev–Trinajstić information content (AvgIpc) is 3.58. The number of carboxylic acids is 1. The molecule has 1 heterocycles. The number of aryl methyl sites for hydroxylation is 1. The van der Waals surface area contributed by atoms with Gasteiger partial charge in [0.05, 0.1) is 12.7 Å². The molecule has 1 aliphatic carbocycles. The van der Waals surface area contributed by atoms with Crippen molar-refractivity contribution in [1.29, 1.82) is 0 Å². The van der Waals surface area contributed by atoms with E-state index in [-0.39, 0.29) is 25.6 Å². The molecule has 9 nitrogen and oxygen atoms in total. The highest BCUT2D eigenvalue weighted by Gasteiger charge is 2.29. The topological polar surface area (TPSA) is 127 Å². The van der Waals surface area contributed by atoms with Crippen LogP contribution in [-0.4, -0.2) is 46.8 Å². The van der Waals surface area contributed by atoms with E-state index in [4.69, 9.17) is 9.47 Å². The number of aliphatic carboxylic acids is 1. The number of thiazole rings is 1. The number of benzene rings is 3. The second-order valence-corrected chi connectivity index (χ2v) is 11.1. The molecular weight excluding hydrogens is 554 g/mol. The van der Waals surface area contributed by atoms with E-state index < -0.39 is 30.1 Å². The van der Waals surface area contributed by atoms with Crippen LogP contribution in [-0.2, 0) is 32.1 Å². The zero-order chi connectivity index (χ0) is 29.5. The molecule has 3 aromatic carbocycles. The van der Waals surface area contributed by atoms with Crippen molar-refractivity contribution in [3.63, 3.8) is 0 Å². The predicted octanol–water partition coefficient (Wildman–Crippen LogP) is 5.61. The Morgan fingerprint density at radius 3 is 2.26 bits per heavy atom. The van der Waals surface area contributed by atoms with Crippen molar-refractivity contribution in [2.75, 3.05) is 11.9 Å². The first kappa shape index (κ1) is 29.0. The fourth-order valence-corrected chi connectivity index (χ4v) is 5.76. The first-order valence-electron chi connectivity index (χ1n) is 13.6. The Kier molecular flexibility index (Phi) is 9.25. The lowest BCUT2D eigenvalue weighted by atomic mass is 9.98. The monoisotopic (exact) mass is 585 g/mol. The standard InChI is InChI=1S/C32H31N3O6S/c1-20(40-18-21-9-3-2-4-10-21)29(30(37)38)34-28(36)16-15-22-17-33-31(42-22)35-32(39)41-19-27-25-13-7-5-11-23(25)24-12-6-8-14-26(24)27/h2-14,17,20,27,29H,15-16,18-19H2,1H3,(H,34,36)(H,37,38)(H,33,35,39). The Bertz CT molecular complexity index is 1510. The first-order chi connectivity index (χ1) is 20.4. The summed E-state index contributed by atoms with van der Waals surface area (Å²) in [5, 5.41) is 15.2. The largest absolute Gasteiger partial charge is 0.480 e. The van der Waals surface area contributed by atoms with Gasteiger partial charge in [-0.15, -0.1) is 11.3 Å². The zero-order valence-electron chi connectivity index (χ0n) is 23.0. The lowest BCUT2D eigenvalue weighted by Crippen LogP contribution is -2.48. The van der Waals surface area contributed by atoms with Crippen molar-refractivity contribution in [2.45, 2.75) is 44.4 Å². The van der Waals surface area contributed by atoms with Crippen LogP contribution in [0.15, 0.2) is 85.1 Å². The van der Waals surface area contributed by atoms with Gasteiger partial charge in [0, 0.05) is 23.4 Å². The molecule has 216 valence electrons. The summed E-state index contributed by atoms with van der Waals surface area (Å²) in [6, 6.07) is 24.4. The molecule has 0 saturated heterocycles. The number of rotatable bonds is 12. The number of hydrogen-bond donors (Lipinski definition) is 3. The molecule has 0 saturated carbocycles. The fourth-order valence-electron chi connectivity index (χ4n) is 4.96. The highest BCUT2D eigenvalue weighted by atomic mass is 32.1. The number of fused-ring (bicyclic) bond motifs is 3. The number of carbonyl (C=O) groups excluding carboxylic acids is 2. The Hall–Kier alpha value is -4.54. The smallest absolute Gasteiger partial charge is 0.413 e. The molecule has 1 aliphatic rings. The lowest BCUT2D eigenvalue weighted by Gasteiger charge is -2.22. The molecule has 2 unspecified atom stereocenters. The van der Waals surface area contributed by atoms with Gasteiger partial charge in [0.1, 0.15) is 6.61 Å². The molecule has 0 fully saturated rings. The number of nitrogens with zero attached hydrogens (tertiary/aromatic N) is 1. The molecule has 0 bridgehead atoms. The number of hydrogen-bond acceptors (Lipinski definition) is 7. The Morgan fingerprint density at radius 2 is 1.60 bits per heavy atom. The van der Waals surface area contributed by atoms with Crippen LogP contribution in [0.3, 0.4) is 0 Å². The molecule has 4 aromatic rings.